The maximum atomic E-state index is 3.74. The molecule has 2 aromatic rings. The average molecular weight is 354 g/mol. The molecule has 0 radical (unpaired) electrons. The number of hydrogen-bond donors (Lipinski definition) is 2. The van der Waals surface area contributed by atoms with Crippen LogP contribution in [0.5, 0.6) is 0 Å². The third-order valence-electron chi connectivity index (χ3n) is 6.62. The van der Waals surface area contributed by atoms with Crippen molar-refractivity contribution < 1.29 is 0 Å². The van der Waals surface area contributed by atoms with E-state index in [2.05, 4.69) is 45.7 Å². The molecule has 1 saturated carbocycles. The quantitative estimate of drug-likeness (QED) is 0.693. The topological polar surface area (TPSA) is 31.1 Å². The highest BCUT2D eigenvalue weighted by atomic mass is 15.1. The Morgan fingerprint density at radius 2 is 1.81 bits per heavy atom. The third-order valence-corrected chi connectivity index (χ3v) is 6.62. The molecular formula is C23H35N3. The zero-order valence-corrected chi connectivity index (χ0v) is 16.2. The number of nitrogens with zero attached hydrogens (tertiary/aromatic N) is 1. The molecular weight excluding hydrogens is 318 g/mol. The molecule has 1 aromatic carbocycles. The van der Waals surface area contributed by atoms with Crippen molar-refractivity contribution in [3.05, 3.63) is 36.0 Å². The van der Waals surface area contributed by atoms with E-state index in [1.165, 1.54) is 95.0 Å². The van der Waals surface area contributed by atoms with E-state index in [1.807, 2.05) is 0 Å². The molecule has 1 saturated heterocycles. The third kappa shape index (κ3) is 4.50. The Morgan fingerprint density at radius 3 is 2.65 bits per heavy atom. The van der Waals surface area contributed by atoms with Gasteiger partial charge < -0.3 is 15.2 Å². The van der Waals surface area contributed by atoms with Crippen molar-refractivity contribution in [1.29, 1.82) is 0 Å². The maximum absolute atomic E-state index is 3.74. The van der Waals surface area contributed by atoms with Gasteiger partial charge in [0.2, 0.25) is 0 Å². The van der Waals surface area contributed by atoms with Crippen LogP contribution in [0.25, 0.3) is 10.9 Å². The van der Waals surface area contributed by atoms with Crippen molar-refractivity contribution >= 4 is 10.9 Å². The standard InChI is InChI=1S/C23H35N3/c1-4-14-26(15-5-1)16-6-13-24-17-19-9-11-20(12-10-19)22-18-25-23-8-3-2-7-21(22)23/h2-3,7-8,18-20,24-25H,1,4-6,9-17H2. The molecule has 4 rings (SSSR count). The van der Waals surface area contributed by atoms with Gasteiger partial charge in [-0.2, -0.15) is 0 Å². The molecule has 2 aliphatic rings. The van der Waals surface area contributed by atoms with Gasteiger partial charge in [-0.05, 0) is 101 Å². The van der Waals surface area contributed by atoms with Crippen LogP contribution in [0.2, 0.25) is 0 Å². The van der Waals surface area contributed by atoms with Crippen molar-refractivity contribution in [2.45, 2.75) is 57.3 Å². The highest BCUT2D eigenvalue weighted by molar-refractivity contribution is 5.83. The summed E-state index contributed by atoms with van der Waals surface area (Å²) in [5.41, 5.74) is 2.84. The SMILES string of the molecule is c1ccc2c(C3CCC(CNCCCN4CCCCC4)CC3)c[nH]c2c1. The van der Waals surface area contributed by atoms with Crippen LogP contribution < -0.4 is 5.32 Å². The minimum atomic E-state index is 0.751. The molecule has 0 spiro atoms. The summed E-state index contributed by atoms with van der Waals surface area (Å²) < 4.78 is 0. The van der Waals surface area contributed by atoms with Gasteiger partial charge in [0, 0.05) is 17.1 Å². The summed E-state index contributed by atoms with van der Waals surface area (Å²) in [6.07, 6.45) is 13.3. The number of likely N-dealkylation sites (tertiary alicyclic amines) is 1. The molecule has 1 aliphatic carbocycles. The highest BCUT2D eigenvalue weighted by Crippen LogP contribution is 2.38. The van der Waals surface area contributed by atoms with E-state index >= 15 is 0 Å². The Balaban J connectivity index is 1.15. The van der Waals surface area contributed by atoms with Gasteiger partial charge in [-0.1, -0.05) is 24.6 Å². The van der Waals surface area contributed by atoms with E-state index in [0.717, 1.165) is 11.8 Å². The van der Waals surface area contributed by atoms with E-state index in [-0.39, 0.29) is 0 Å². The van der Waals surface area contributed by atoms with Crippen LogP contribution in [0.4, 0.5) is 0 Å². The number of aromatic nitrogens is 1. The van der Waals surface area contributed by atoms with Crippen LogP contribution in [0, 0.1) is 5.92 Å². The van der Waals surface area contributed by atoms with E-state index in [0.29, 0.717) is 0 Å². The second-order valence-electron chi connectivity index (χ2n) is 8.47. The van der Waals surface area contributed by atoms with E-state index in [4.69, 9.17) is 0 Å². The van der Waals surface area contributed by atoms with Crippen LogP contribution >= 0.6 is 0 Å². The number of fused-ring (bicyclic) bond motifs is 1. The summed E-state index contributed by atoms with van der Waals surface area (Å²) in [7, 11) is 0. The zero-order chi connectivity index (χ0) is 17.6. The summed E-state index contributed by atoms with van der Waals surface area (Å²) in [4.78, 5) is 6.11. The van der Waals surface area contributed by atoms with Gasteiger partial charge in [-0.3, -0.25) is 0 Å². The molecule has 2 heterocycles. The maximum Gasteiger partial charge on any atom is 0.0456 e. The predicted octanol–water partition coefficient (Wildman–Crippen LogP) is 4.91. The number of aromatic amines is 1. The van der Waals surface area contributed by atoms with Gasteiger partial charge in [-0.15, -0.1) is 0 Å². The second kappa shape index (κ2) is 9.05. The molecule has 26 heavy (non-hydrogen) atoms. The first kappa shape index (κ1) is 18.1. The van der Waals surface area contributed by atoms with E-state index in [1.54, 1.807) is 5.56 Å². The highest BCUT2D eigenvalue weighted by Gasteiger charge is 2.23. The first-order valence-corrected chi connectivity index (χ1v) is 10.9. The van der Waals surface area contributed by atoms with E-state index < -0.39 is 0 Å². The van der Waals surface area contributed by atoms with Crippen molar-refractivity contribution in [2.24, 2.45) is 5.92 Å². The summed E-state index contributed by atoms with van der Waals surface area (Å²) in [5, 5.41) is 5.18. The van der Waals surface area contributed by atoms with Crippen LogP contribution in [-0.2, 0) is 0 Å². The van der Waals surface area contributed by atoms with Crippen LogP contribution in [0.1, 0.15) is 62.8 Å². The Hall–Kier alpha value is -1.32. The lowest BCUT2D eigenvalue weighted by molar-refractivity contribution is 0.224. The average Bonchev–Trinajstić information content (AvgIpc) is 3.13. The largest absolute Gasteiger partial charge is 0.361 e. The number of nitrogens with one attached hydrogen (secondary N) is 2. The van der Waals surface area contributed by atoms with Gasteiger partial charge in [0.05, 0.1) is 0 Å². The number of piperidine rings is 1. The van der Waals surface area contributed by atoms with E-state index in [9.17, 15) is 0 Å². The summed E-state index contributed by atoms with van der Waals surface area (Å²) in [6, 6.07) is 8.75. The first-order chi connectivity index (χ1) is 12.9. The minimum Gasteiger partial charge on any atom is -0.361 e. The van der Waals surface area contributed by atoms with Crippen LogP contribution in [0.15, 0.2) is 30.5 Å². The molecule has 1 aromatic heterocycles. The molecule has 0 amide bonds. The fourth-order valence-electron chi connectivity index (χ4n) is 5.03. The summed E-state index contributed by atoms with van der Waals surface area (Å²) in [5.74, 6) is 1.63. The number of para-hydroxylation sites is 1. The van der Waals surface area contributed by atoms with Gasteiger partial charge in [0.25, 0.3) is 0 Å². The monoisotopic (exact) mass is 353 g/mol. The van der Waals surface area contributed by atoms with Gasteiger partial charge >= 0.3 is 0 Å². The Morgan fingerprint density at radius 1 is 1.00 bits per heavy atom. The summed E-state index contributed by atoms with van der Waals surface area (Å²) in [6.45, 7) is 6.37. The molecule has 3 nitrogen and oxygen atoms in total. The molecule has 0 bridgehead atoms. The Labute approximate surface area is 158 Å². The van der Waals surface area contributed by atoms with Crippen LogP contribution in [-0.4, -0.2) is 42.6 Å². The summed E-state index contributed by atoms with van der Waals surface area (Å²) >= 11 is 0. The lowest BCUT2D eigenvalue weighted by atomic mass is 9.78. The molecule has 1 aliphatic heterocycles. The lowest BCUT2D eigenvalue weighted by Crippen LogP contribution is -2.33. The van der Waals surface area contributed by atoms with Crippen molar-refractivity contribution in [3.63, 3.8) is 0 Å². The number of rotatable bonds is 7. The fourth-order valence-corrected chi connectivity index (χ4v) is 5.03. The van der Waals surface area contributed by atoms with Gasteiger partial charge in [0.15, 0.2) is 0 Å². The Bertz CT molecular complexity index is 663. The normalized spacial score (nSPS) is 24.9. The number of H-pyrrole nitrogens is 1. The first-order valence-electron chi connectivity index (χ1n) is 10.9. The lowest BCUT2D eigenvalue weighted by Gasteiger charge is -2.29. The predicted molar refractivity (Wildman–Crippen MR) is 111 cm³/mol. The molecule has 2 fully saturated rings. The zero-order valence-electron chi connectivity index (χ0n) is 16.2. The second-order valence-corrected chi connectivity index (χ2v) is 8.47. The van der Waals surface area contributed by atoms with Gasteiger partial charge in [0.1, 0.15) is 0 Å². The molecule has 2 N–H and O–H groups in total. The van der Waals surface area contributed by atoms with Crippen molar-refractivity contribution in [3.8, 4) is 0 Å². The number of hydrogen-bond acceptors (Lipinski definition) is 2. The minimum absolute atomic E-state index is 0.751. The van der Waals surface area contributed by atoms with Crippen LogP contribution in [0.3, 0.4) is 0 Å². The number of benzene rings is 1. The molecule has 142 valence electrons. The molecule has 0 unspecified atom stereocenters. The Kier molecular flexibility index (Phi) is 6.29. The van der Waals surface area contributed by atoms with Gasteiger partial charge in [-0.25, -0.2) is 0 Å². The fraction of sp³-hybridized carbons (Fsp3) is 0.652. The molecule has 3 heteroatoms. The smallest absolute Gasteiger partial charge is 0.0456 e. The van der Waals surface area contributed by atoms with Crippen molar-refractivity contribution in [1.82, 2.24) is 15.2 Å². The van der Waals surface area contributed by atoms with Crippen molar-refractivity contribution in [2.75, 3.05) is 32.7 Å². The molecule has 0 atom stereocenters.